The van der Waals surface area contributed by atoms with Gasteiger partial charge in [-0.3, -0.25) is 0 Å². The summed E-state index contributed by atoms with van der Waals surface area (Å²) in [6, 6.07) is 8.71. The van der Waals surface area contributed by atoms with E-state index in [1.165, 1.54) is 25.3 Å². The van der Waals surface area contributed by atoms with Gasteiger partial charge in [0.1, 0.15) is 11.6 Å². The molecule has 2 nitrogen and oxygen atoms in total. The van der Waals surface area contributed by atoms with E-state index < -0.39 is 11.8 Å². The molecule has 0 spiro atoms. The van der Waals surface area contributed by atoms with Crippen molar-refractivity contribution in [1.29, 1.82) is 0 Å². The summed E-state index contributed by atoms with van der Waals surface area (Å²) in [4.78, 5) is 11.3. The summed E-state index contributed by atoms with van der Waals surface area (Å²) in [6.07, 6.45) is 0. The number of carbonyl (C=O) groups is 1. The minimum Gasteiger partial charge on any atom is -0.465 e. The average molecular weight is 262 g/mol. The SMILES string of the molecule is COC(=O)c1ccc(-c2ccc(F)c(C)c2)cc1F. The molecule has 0 aliphatic carbocycles. The summed E-state index contributed by atoms with van der Waals surface area (Å²) >= 11 is 0. The second kappa shape index (κ2) is 5.18. The van der Waals surface area contributed by atoms with Crippen LogP contribution in [0.25, 0.3) is 11.1 Å². The van der Waals surface area contributed by atoms with E-state index >= 15 is 0 Å². The van der Waals surface area contributed by atoms with Gasteiger partial charge in [-0.05, 0) is 47.9 Å². The van der Waals surface area contributed by atoms with E-state index in [1.807, 2.05) is 0 Å². The molecule has 2 aromatic carbocycles. The van der Waals surface area contributed by atoms with E-state index in [2.05, 4.69) is 4.74 Å². The van der Waals surface area contributed by atoms with Gasteiger partial charge in [0.15, 0.2) is 0 Å². The quantitative estimate of drug-likeness (QED) is 0.771. The van der Waals surface area contributed by atoms with Crippen LogP contribution in [-0.4, -0.2) is 13.1 Å². The summed E-state index contributed by atoms with van der Waals surface area (Å²) in [5.74, 6) is -1.69. The largest absolute Gasteiger partial charge is 0.465 e. The van der Waals surface area contributed by atoms with Crippen LogP contribution >= 0.6 is 0 Å². The number of rotatable bonds is 2. The van der Waals surface area contributed by atoms with Crippen LogP contribution in [-0.2, 0) is 4.74 Å². The lowest BCUT2D eigenvalue weighted by Crippen LogP contribution is -2.04. The zero-order valence-electron chi connectivity index (χ0n) is 10.5. The molecule has 0 aliphatic rings. The molecule has 0 fully saturated rings. The third kappa shape index (κ3) is 2.62. The van der Waals surface area contributed by atoms with E-state index in [4.69, 9.17) is 0 Å². The van der Waals surface area contributed by atoms with Crippen molar-refractivity contribution in [2.24, 2.45) is 0 Å². The molecule has 4 heteroatoms. The molecule has 0 atom stereocenters. The van der Waals surface area contributed by atoms with Crippen molar-refractivity contribution < 1.29 is 18.3 Å². The van der Waals surface area contributed by atoms with Crippen molar-refractivity contribution in [2.75, 3.05) is 7.11 Å². The van der Waals surface area contributed by atoms with Crippen LogP contribution in [0.2, 0.25) is 0 Å². The number of methoxy groups -OCH3 is 1. The van der Waals surface area contributed by atoms with Gasteiger partial charge >= 0.3 is 5.97 Å². The average Bonchev–Trinajstić information content (AvgIpc) is 2.41. The predicted molar refractivity (Wildman–Crippen MR) is 67.9 cm³/mol. The molecule has 98 valence electrons. The van der Waals surface area contributed by atoms with Crippen LogP contribution in [0.5, 0.6) is 0 Å². The highest BCUT2D eigenvalue weighted by Gasteiger charge is 2.13. The number of hydrogen-bond donors (Lipinski definition) is 0. The summed E-state index contributed by atoms with van der Waals surface area (Å²) in [5.41, 5.74) is 1.63. The van der Waals surface area contributed by atoms with Crippen LogP contribution in [0, 0.1) is 18.6 Å². The Morgan fingerprint density at radius 2 is 1.63 bits per heavy atom. The Labute approximate surface area is 109 Å². The van der Waals surface area contributed by atoms with Crippen molar-refractivity contribution in [3.63, 3.8) is 0 Å². The minimum absolute atomic E-state index is 0.120. The molecule has 0 aliphatic heterocycles. The Balaban J connectivity index is 2.44. The molecule has 0 aromatic heterocycles. The number of carbonyl (C=O) groups excluding carboxylic acids is 1. The molecule has 0 saturated carbocycles. The number of hydrogen-bond acceptors (Lipinski definition) is 2. The zero-order valence-corrected chi connectivity index (χ0v) is 10.5. The first-order valence-electron chi connectivity index (χ1n) is 5.67. The van der Waals surface area contributed by atoms with Gasteiger partial charge in [0.05, 0.1) is 12.7 Å². The van der Waals surface area contributed by atoms with Gasteiger partial charge in [-0.1, -0.05) is 12.1 Å². The second-order valence-electron chi connectivity index (χ2n) is 4.15. The van der Waals surface area contributed by atoms with E-state index in [1.54, 1.807) is 25.1 Å². The molecular formula is C15H12F2O2. The maximum absolute atomic E-state index is 13.8. The lowest BCUT2D eigenvalue weighted by atomic mass is 10.0. The standard InChI is InChI=1S/C15H12F2O2/c1-9-7-10(4-6-13(9)16)11-3-5-12(14(17)8-11)15(18)19-2/h3-8H,1-2H3. The maximum atomic E-state index is 13.8. The van der Waals surface area contributed by atoms with Gasteiger partial charge in [-0.25, -0.2) is 13.6 Å². The number of halogens is 2. The van der Waals surface area contributed by atoms with Crippen molar-refractivity contribution in [3.8, 4) is 11.1 Å². The van der Waals surface area contributed by atoms with Gasteiger partial charge in [0.25, 0.3) is 0 Å². The molecule has 0 unspecified atom stereocenters. The molecule has 0 N–H and O–H groups in total. The van der Waals surface area contributed by atoms with Crippen LogP contribution < -0.4 is 0 Å². The van der Waals surface area contributed by atoms with Gasteiger partial charge in [-0.2, -0.15) is 0 Å². The maximum Gasteiger partial charge on any atom is 0.340 e. The zero-order chi connectivity index (χ0) is 14.0. The normalized spacial score (nSPS) is 10.3. The Hall–Kier alpha value is -2.23. The fourth-order valence-corrected chi connectivity index (χ4v) is 1.79. The second-order valence-corrected chi connectivity index (χ2v) is 4.15. The monoisotopic (exact) mass is 262 g/mol. The summed E-state index contributed by atoms with van der Waals surface area (Å²) in [7, 11) is 1.19. The van der Waals surface area contributed by atoms with Crippen molar-refractivity contribution >= 4 is 5.97 Å². The molecule has 0 amide bonds. The smallest absolute Gasteiger partial charge is 0.340 e. The summed E-state index contributed by atoms with van der Waals surface area (Å²) in [6.45, 7) is 1.64. The first kappa shape index (κ1) is 13.2. The fourth-order valence-electron chi connectivity index (χ4n) is 1.79. The fraction of sp³-hybridized carbons (Fsp3) is 0.133. The van der Waals surface area contributed by atoms with E-state index in [-0.39, 0.29) is 11.4 Å². The van der Waals surface area contributed by atoms with Gasteiger partial charge < -0.3 is 4.74 Å². The van der Waals surface area contributed by atoms with Crippen LogP contribution in [0.1, 0.15) is 15.9 Å². The molecule has 2 rings (SSSR count). The molecule has 0 radical (unpaired) electrons. The highest BCUT2D eigenvalue weighted by molar-refractivity contribution is 5.90. The lowest BCUT2D eigenvalue weighted by molar-refractivity contribution is 0.0595. The molecule has 0 heterocycles. The number of ether oxygens (including phenoxy) is 1. The Bertz CT molecular complexity index is 636. The van der Waals surface area contributed by atoms with Crippen LogP contribution in [0.3, 0.4) is 0 Å². The number of benzene rings is 2. The van der Waals surface area contributed by atoms with Gasteiger partial charge in [-0.15, -0.1) is 0 Å². The van der Waals surface area contributed by atoms with Gasteiger partial charge in [0, 0.05) is 0 Å². The molecule has 19 heavy (non-hydrogen) atoms. The van der Waals surface area contributed by atoms with Crippen molar-refractivity contribution in [2.45, 2.75) is 6.92 Å². The van der Waals surface area contributed by atoms with E-state index in [9.17, 15) is 13.6 Å². The molecular weight excluding hydrogens is 250 g/mol. The number of esters is 1. The topological polar surface area (TPSA) is 26.3 Å². The minimum atomic E-state index is -0.723. The Morgan fingerprint density at radius 1 is 1.00 bits per heavy atom. The highest BCUT2D eigenvalue weighted by Crippen LogP contribution is 2.24. The van der Waals surface area contributed by atoms with Crippen molar-refractivity contribution in [3.05, 3.63) is 59.2 Å². The first-order valence-corrected chi connectivity index (χ1v) is 5.67. The van der Waals surface area contributed by atoms with E-state index in [0.717, 1.165) is 0 Å². The third-order valence-electron chi connectivity index (χ3n) is 2.87. The van der Waals surface area contributed by atoms with Crippen molar-refractivity contribution in [1.82, 2.24) is 0 Å². The number of aryl methyl sites for hydroxylation is 1. The van der Waals surface area contributed by atoms with E-state index in [0.29, 0.717) is 16.7 Å². The Morgan fingerprint density at radius 3 is 2.21 bits per heavy atom. The summed E-state index contributed by atoms with van der Waals surface area (Å²) < 4.78 is 31.4. The lowest BCUT2D eigenvalue weighted by Gasteiger charge is -2.06. The highest BCUT2D eigenvalue weighted by atomic mass is 19.1. The predicted octanol–water partition coefficient (Wildman–Crippen LogP) is 3.73. The van der Waals surface area contributed by atoms with Crippen LogP contribution in [0.15, 0.2) is 36.4 Å². The third-order valence-corrected chi connectivity index (χ3v) is 2.87. The molecule has 2 aromatic rings. The van der Waals surface area contributed by atoms with Gasteiger partial charge in [0.2, 0.25) is 0 Å². The van der Waals surface area contributed by atoms with Crippen LogP contribution in [0.4, 0.5) is 8.78 Å². The first-order chi connectivity index (χ1) is 9.02. The Kier molecular flexibility index (Phi) is 3.60. The molecule has 0 bridgehead atoms. The molecule has 0 saturated heterocycles. The summed E-state index contributed by atoms with van der Waals surface area (Å²) in [5, 5.41) is 0.